The van der Waals surface area contributed by atoms with Crippen molar-refractivity contribution >= 4 is 28.2 Å². The minimum absolute atomic E-state index is 0.00240. The zero-order valence-electron chi connectivity index (χ0n) is 21.4. The lowest BCUT2D eigenvalue weighted by atomic mass is 9.98. The van der Waals surface area contributed by atoms with Crippen LogP contribution in [-0.2, 0) is 7.05 Å². The van der Waals surface area contributed by atoms with Gasteiger partial charge in [0.2, 0.25) is 11.8 Å². The minimum atomic E-state index is 0.00240. The molecule has 0 aromatic carbocycles. The van der Waals surface area contributed by atoms with E-state index in [9.17, 15) is 4.79 Å². The fourth-order valence-electron chi connectivity index (χ4n) is 5.36. The average molecular weight is 533 g/mol. The van der Waals surface area contributed by atoms with Gasteiger partial charge in [0.1, 0.15) is 11.9 Å². The van der Waals surface area contributed by atoms with Crippen LogP contribution >= 0.6 is 11.3 Å². The molecule has 0 aliphatic carbocycles. The van der Waals surface area contributed by atoms with Crippen LogP contribution in [0.1, 0.15) is 41.7 Å². The predicted octanol–water partition coefficient (Wildman–Crippen LogP) is 4.00. The number of nitrogens with one attached hydrogen (secondary N) is 1. The first-order valence-electron chi connectivity index (χ1n) is 12.5. The molecule has 4 aromatic rings. The molecule has 196 valence electrons. The van der Waals surface area contributed by atoms with Gasteiger partial charge in [0.15, 0.2) is 5.13 Å². The van der Waals surface area contributed by atoms with Gasteiger partial charge in [-0.15, -0.1) is 21.5 Å². The largest absolute Gasteiger partial charge is 0.480 e. The molecule has 6 rings (SSSR count). The lowest BCUT2D eigenvalue weighted by Gasteiger charge is -2.38. The van der Waals surface area contributed by atoms with Gasteiger partial charge in [-0.2, -0.15) is 5.10 Å². The van der Waals surface area contributed by atoms with Crippen molar-refractivity contribution in [3.63, 3.8) is 0 Å². The molecular formula is C26H28N8O3S. The monoisotopic (exact) mass is 532 g/mol. The smallest absolute Gasteiger partial charge is 0.255 e. The Bertz CT molecular complexity index is 1420. The zero-order chi connectivity index (χ0) is 26.2. The number of carbonyl (C=O) groups is 1. The van der Waals surface area contributed by atoms with Crippen LogP contribution in [0.4, 0.5) is 10.9 Å². The minimum Gasteiger partial charge on any atom is -0.480 e. The normalized spacial score (nSPS) is 20.4. The number of anilines is 2. The lowest BCUT2D eigenvalue weighted by Crippen LogP contribution is -2.49. The summed E-state index contributed by atoms with van der Waals surface area (Å²) in [5.74, 6) is 1.58. The number of nitrogens with zero attached hydrogens (tertiary/aromatic N) is 7. The summed E-state index contributed by atoms with van der Waals surface area (Å²) in [6.45, 7) is 1.97. The number of methoxy groups -OCH3 is 1. The topological polar surface area (TPSA) is 120 Å². The van der Waals surface area contributed by atoms with E-state index >= 15 is 0 Å². The first-order valence-corrected chi connectivity index (χ1v) is 13.4. The first kappa shape index (κ1) is 24.3. The number of piperidine rings is 1. The number of carbonyl (C=O) groups excluding carboxylic acids is 1. The van der Waals surface area contributed by atoms with Crippen molar-refractivity contribution < 1.29 is 14.3 Å². The third kappa shape index (κ3) is 4.78. The lowest BCUT2D eigenvalue weighted by molar-refractivity contribution is 0.0344. The van der Waals surface area contributed by atoms with E-state index in [0.29, 0.717) is 23.1 Å². The second-order valence-corrected chi connectivity index (χ2v) is 10.5. The SMILES string of the molecule is COc1ccc(O[C@H]2C[C@H]3CC[C@@H](C2)N3C(=O)c2ccc(Nc3nc(-c4cn(C)nc4C)cs3)nc2)nn1. The van der Waals surface area contributed by atoms with E-state index in [1.54, 1.807) is 30.1 Å². The van der Waals surface area contributed by atoms with Crippen molar-refractivity contribution in [3.05, 3.63) is 53.3 Å². The second kappa shape index (κ2) is 10.0. The van der Waals surface area contributed by atoms with E-state index in [4.69, 9.17) is 9.47 Å². The molecule has 2 fully saturated rings. The molecule has 0 radical (unpaired) electrons. The van der Waals surface area contributed by atoms with Gasteiger partial charge in [-0.25, -0.2) is 9.97 Å². The molecule has 2 saturated heterocycles. The molecule has 0 unspecified atom stereocenters. The molecule has 6 heterocycles. The molecule has 3 atom stereocenters. The van der Waals surface area contributed by atoms with Gasteiger partial charge in [-0.1, -0.05) is 0 Å². The number of amides is 1. The van der Waals surface area contributed by atoms with Gasteiger partial charge in [-0.05, 0) is 31.9 Å². The molecule has 0 spiro atoms. The number of aromatic nitrogens is 6. The van der Waals surface area contributed by atoms with Crippen LogP contribution < -0.4 is 14.8 Å². The maximum Gasteiger partial charge on any atom is 0.255 e. The first-order chi connectivity index (χ1) is 18.5. The van der Waals surface area contributed by atoms with Gasteiger partial charge >= 0.3 is 0 Å². The number of ether oxygens (including phenoxy) is 2. The standard InChI is InChI=1S/C26H28N8O3S/c1-15-20(13-33(2)32-15)21-14-38-26(28-21)29-22-7-4-16(12-27-22)25(35)34-17-5-6-18(34)11-19(10-17)37-24-9-8-23(36-3)30-31-24/h4,7-9,12-14,17-19H,5-6,10-11H2,1-3H3,(H,27,28,29)/t17-,18+,19+. The molecule has 1 N–H and O–H groups in total. The fraction of sp³-hybridized carbons (Fsp3) is 0.385. The highest BCUT2D eigenvalue weighted by Gasteiger charge is 2.44. The van der Waals surface area contributed by atoms with Crippen LogP contribution in [0.5, 0.6) is 11.8 Å². The van der Waals surface area contributed by atoms with Gasteiger partial charge in [0, 0.05) is 67.4 Å². The Labute approximate surface area is 223 Å². The van der Waals surface area contributed by atoms with Gasteiger partial charge < -0.3 is 19.7 Å². The molecule has 0 saturated carbocycles. The third-order valence-corrected chi connectivity index (χ3v) is 7.83. The predicted molar refractivity (Wildman–Crippen MR) is 142 cm³/mol. The zero-order valence-corrected chi connectivity index (χ0v) is 22.2. The number of aryl methyl sites for hydroxylation is 2. The number of pyridine rings is 1. The van der Waals surface area contributed by atoms with Crippen molar-refractivity contribution in [2.24, 2.45) is 7.05 Å². The maximum atomic E-state index is 13.4. The molecule has 2 aliphatic heterocycles. The molecule has 2 aliphatic rings. The molecule has 38 heavy (non-hydrogen) atoms. The Morgan fingerprint density at radius 2 is 1.87 bits per heavy atom. The van der Waals surface area contributed by atoms with Gasteiger partial charge in [-0.3, -0.25) is 9.48 Å². The number of rotatable bonds is 7. The van der Waals surface area contributed by atoms with Crippen molar-refractivity contribution in [2.45, 2.75) is 50.8 Å². The van der Waals surface area contributed by atoms with E-state index < -0.39 is 0 Å². The molecule has 12 heteroatoms. The van der Waals surface area contributed by atoms with Crippen LogP contribution in [0.2, 0.25) is 0 Å². The van der Waals surface area contributed by atoms with E-state index in [2.05, 4.69) is 30.6 Å². The summed E-state index contributed by atoms with van der Waals surface area (Å²) in [4.78, 5) is 24.6. The van der Waals surface area contributed by atoms with E-state index in [-0.39, 0.29) is 24.1 Å². The maximum absolute atomic E-state index is 13.4. The van der Waals surface area contributed by atoms with Crippen LogP contribution in [0, 0.1) is 6.92 Å². The Kier molecular flexibility index (Phi) is 6.40. The Morgan fingerprint density at radius 3 is 2.50 bits per heavy atom. The van der Waals surface area contributed by atoms with E-state index in [0.717, 1.165) is 47.8 Å². The van der Waals surface area contributed by atoms with Crippen molar-refractivity contribution in [1.29, 1.82) is 0 Å². The van der Waals surface area contributed by atoms with Crippen LogP contribution in [0.25, 0.3) is 11.3 Å². The Morgan fingerprint density at radius 1 is 1.11 bits per heavy atom. The molecule has 2 bridgehead atoms. The quantitative estimate of drug-likeness (QED) is 0.376. The van der Waals surface area contributed by atoms with Crippen LogP contribution in [-0.4, -0.2) is 66.1 Å². The van der Waals surface area contributed by atoms with Crippen LogP contribution in [0.15, 0.2) is 42.0 Å². The highest BCUT2D eigenvalue weighted by Crippen LogP contribution is 2.38. The van der Waals surface area contributed by atoms with Crippen molar-refractivity contribution in [2.75, 3.05) is 12.4 Å². The summed E-state index contributed by atoms with van der Waals surface area (Å²) in [6.07, 6.45) is 7.09. The van der Waals surface area contributed by atoms with E-state index in [1.807, 2.05) is 42.6 Å². The summed E-state index contributed by atoms with van der Waals surface area (Å²) >= 11 is 1.50. The van der Waals surface area contributed by atoms with Crippen molar-refractivity contribution in [1.82, 2.24) is 34.8 Å². The Balaban J connectivity index is 1.08. The molecular weight excluding hydrogens is 504 g/mol. The number of hydrogen-bond donors (Lipinski definition) is 1. The Hall–Kier alpha value is -4.06. The van der Waals surface area contributed by atoms with Gasteiger partial charge in [0.05, 0.1) is 24.1 Å². The summed E-state index contributed by atoms with van der Waals surface area (Å²) < 4.78 is 12.9. The highest BCUT2D eigenvalue weighted by molar-refractivity contribution is 7.14. The van der Waals surface area contributed by atoms with Crippen LogP contribution in [0.3, 0.4) is 0 Å². The van der Waals surface area contributed by atoms with Gasteiger partial charge in [0.25, 0.3) is 5.91 Å². The van der Waals surface area contributed by atoms with E-state index in [1.165, 1.54) is 11.3 Å². The summed E-state index contributed by atoms with van der Waals surface area (Å²) in [6, 6.07) is 7.42. The number of hydrogen-bond acceptors (Lipinski definition) is 10. The molecule has 4 aromatic heterocycles. The summed E-state index contributed by atoms with van der Waals surface area (Å²) in [5.41, 5.74) is 3.39. The fourth-order valence-corrected chi connectivity index (χ4v) is 6.08. The second-order valence-electron chi connectivity index (χ2n) is 9.62. The van der Waals surface area contributed by atoms with Crippen molar-refractivity contribution in [3.8, 4) is 23.0 Å². The average Bonchev–Trinajstić information content (AvgIpc) is 3.59. The third-order valence-electron chi connectivity index (χ3n) is 7.08. The number of thiazole rings is 1. The molecule has 11 nitrogen and oxygen atoms in total. The highest BCUT2D eigenvalue weighted by atomic mass is 32.1. The molecule has 1 amide bonds. The summed E-state index contributed by atoms with van der Waals surface area (Å²) in [5, 5.41) is 18.4. The number of fused-ring (bicyclic) bond motifs is 2. The summed E-state index contributed by atoms with van der Waals surface area (Å²) in [7, 11) is 3.45.